The van der Waals surface area contributed by atoms with Gasteiger partial charge in [0, 0.05) is 37.0 Å². The SMILES string of the molecule is c1coc(CCNC(=NCc2cccs2)NC2CCN(c3cccs3)CC2)c1. The highest BCUT2D eigenvalue weighted by molar-refractivity contribution is 7.14. The fraction of sp³-hybridized carbons (Fsp3) is 0.381. The Balaban J connectivity index is 1.31. The van der Waals surface area contributed by atoms with Crippen LogP contribution in [-0.4, -0.2) is 31.6 Å². The third-order valence-corrected chi connectivity index (χ3v) is 6.66. The van der Waals surface area contributed by atoms with Crippen molar-refractivity contribution in [1.29, 1.82) is 0 Å². The summed E-state index contributed by atoms with van der Waals surface area (Å²) >= 11 is 3.57. The molecule has 4 rings (SSSR count). The minimum absolute atomic E-state index is 0.453. The van der Waals surface area contributed by atoms with Gasteiger partial charge in [0.1, 0.15) is 5.76 Å². The molecule has 3 aromatic rings. The van der Waals surface area contributed by atoms with Gasteiger partial charge in [0.25, 0.3) is 0 Å². The number of anilines is 1. The molecule has 2 N–H and O–H groups in total. The van der Waals surface area contributed by atoms with Gasteiger partial charge < -0.3 is 20.0 Å². The van der Waals surface area contributed by atoms with E-state index in [9.17, 15) is 0 Å². The summed E-state index contributed by atoms with van der Waals surface area (Å²) in [4.78, 5) is 8.57. The smallest absolute Gasteiger partial charge is 0.191 e. The summed E-state index contributed by atoms with van der Waals surface area (Å²) in [5.74, 6) is 1.89. The van der Waals surface area contributed by atoms with Crippen molar-refractivity contribution in [1.82, 2.24) is 10.6 Å². The lowest BCUT2D eigenvalue weighted by atomic mass is 10.1. The molecule has 1 aliphatic rings. The monoisotopic (exact) mass is 414 g/mol. The van der Waals surface area contributed by atoms with Gasteiger partial charge in [0.2, 0.25) is 0 Å². The number of nitrogens with one attached hydrogen (secondary N) is 2. The summed E-state index contributed by atoms with van der Waals surface area (Å²) in [6.07, 6.45) is 4.82. The van der Waals surface area contributed by atoms with Crippen molar-refractivity contribution < 1.29 is 4.42 Å². The molecule has 4 heterocycles. The molecule has 0 aliphatic carbocycles. The lowest BCUT2D eigenvalue weighted by Crippen LogP contribution is -2.49. The van der Waals surface area contributed by atoms with Gasteiger partial charge in [-0.2, -0.15) is 0 Å². The van der Waals surface area contributed by atoms with Gasteiger partial charge in [0.15, 0.2) is 5.96 Å². The second-order valence-corrected chi connectivity index (χ2v) is 8.82. The van der Waals surface area contributed by atoms with E-state index in [2.05, 4.69) is 50.6 Å². The molecule has 7 heteroatoms. The van der Waals surface area contributed by atoms with E-state index >= 15 is 0 Å². The van der Waals surface area contributed by atoms with Gasteiger partial charge in [-0.25, -0.2) is 4.99 Å². The van der Waals surface area contributed by atoms with Gasteiger partial charge in [-0.1, -0.05) is 6.07 Å². The van der Waals surface area contributed by atoms with E-state index < -0.39 is 0 Å². The first-order valence-corrected chi connectivity index (χ1v) is 11.5. The van der Waals surface area contributed by atoms with Gasteiger partial charge >= 0.3 is 0 Å². The first-order valence-electron chi connectivity index (χ1n) is 9.75. The second kappa shape index (κ2) is 9.80. The van der Waals surface area contributed by atoms with Gasteiger partial charge in [-0.3, -0.25) is 0 Å². The molecule has 0 radical (unpaired) electrons. The van der Waals surface area contributed by atoms with Crippen molar-refractivity contribution >= 4 is 33.6 Å². The third kappa shape index (κ3) is 5.39. The molecule has 148 valence electrons. The van der Waals surface area contributed by atoms with Crippen LogP contribution in [0.25, 0.3) is 0 Å². The summed E-state index contributed by atoms with van der Waals surface area (Å²) in [6, 6.07) is 12.9. The zero-order chi connectivity index (χ0) is 19.0. The predicted molar refractivity (Wildman–Crippen MR) is 119 cm³/mol. The fourth-order valence-corrected chi connectivity index (χ4v) is 4.77. The number of nitrogens with zero attached hydrogens (tertiary/aromatic N) is 2. The van der Waals surface area contributed by atoms with Crippen molar-refractivity contribution in [3.05, 3.63) is 64.1 Å². The minimum atomic E-state index is 0.453. The number of hydrogen-bond acceptors (Lipinski definition) is 5. The molecule has 5 nitrogen and oxygen atoms in total. The average molecular weight is 415 g/mol. The van der Waals surface area contributed by atoms with Crippen LogP contribution in [0.4, 0.5) is 5.00 Å². The maximum absolute atomic E-state index is 5.43. The van der Waals surface area contributed by atoms with Crippen LogP contribution >= 0.6 is 22.7 Å². The van der Waals surface area contributed by atoms with E-state index in [-0.39, 0.29) is 0 Å². The maximum Gasteiger partial charge on any atom is 0.191 e. The molecule has 28 heavy (non-hydrogen) atoms. The highest BCUT2D eigenvalue weighted by Crippen LogP contribution is 2.24. The first-order chi connectivity index (χ1) is 13.9. The molecule has 1 saturated heterocycles. The zero-order valence-electron chi connectivity index (χ0n) is 15.8. The third-order valence-electron chi connectivity index (χ3n) is 4.87. The van der Waals surface area contributed by atoms with Crippen LogP contribution in [0.3, 0.4) is 0 Å². The normalized spacial score (nSPS) is 15.7. The van der Waals surface area contributed by atoms with Crippen LogP contribution < -0.4 is 15.5 Å². The molecule has 0 atom stereocenters. The summed E-state index contributed by atoms with van der Waals surface area (Å²) in [5.41, 5.74) is 0. The molecule has 3 aromatic heterocycles. The predicted octanol–water partition coefficient (Wildman–Crippen LogP) is 4.35. The standard InChI is InChI=1S/C21H26N4OS2/c1-4-18(26-13-1)7-10-22-21(23-16-19-5-2-14-27-19)24-17-8-11-25(12-9-17)20-6-3-15-28-20/h1-6,13-15,17H,7-12,16H2,(H2,22,23,24). The molecule has 0 aromatic carbocycles. The Kier molecular flexibility index (Phi) is 6.68. The number of furan rings is 1. The minimum Gasteiger partial charge on any atom is -0.469 e. The lowest BCUT2D eigenvalue weighted by molar-refractivity contribution is 0.461. The van der Waals surface area contributed by atoms with E-state index in [0.717, 1.165) is 50.6 Å². The summed E-state index contributed by atoms with van der Waals surface area (Å²) in [5, 5.41) is 12.8. The molecular formula is C21H26N4OS2. The number of piperidine rings is 1. The van der Waals surface area contributed by atoms with Gasteiger partial charge in [-0.15, -0.1) is 22.7 Å². The molecule has 0 spiro atoms. The van der Waals surface area contributed by atoms with Crippen LogP contribution in [0.1, 0.15) is 23.5 Å². The van der Waals surface area contributed by atoms with Crippen molar-refractivity contribution in [3.8, 4) is 0 Å². The Hall–Kier alpha value is -2.25. The van der Waals surface area contributed by atoms with Crippen LogP contribution in [0.2, 0.25) is 0 Å². The fourth-order valence-electron chi connectivity index (χ4n) is 3.36. The van der Waals surface area contributed by atoms with Gasteiger partial charge in [0.05, 0.1) is 17.8 Å². The van der Waals surface area contributed by atoms with E-state index in [4.69, 9.17) is 9.41 Å². The first kappa shape index (κ1) is 19.1. The quantitative estimate of drug-likeness (QED) is 0.446. The number of thiophene rings is 2. The van der Waals surface area contributed by atoms with Crippen molar-refractivity contribution in [2.75, 3.05) is 24.5 Å². The molecule has 0 unspecified atom stereocenters. The summed E-state index contributed by atoms with van der Waals surface area (Å²) in [6.45, 7) is 3.69. The topological polar surface area (TPSA) is 52.8 Å². The van der Waals surface area contributed by atoms with E-state index in [1.165, 1.54) is 9.88 Å². The van der Waals surface area contributed by atoms with Crippen molar-refractivity contribution in [3.63, 3.8) is 0 Å². The number of hydrogen-bond donors (Lipinski definition) is 2. The molecule has 0 amide bonds. The molecule has 0 saturated carbocycles. The Labute approximate surface area is 174 Å². The highest BCUT2D eigenvalue weighted by Gasteiger charge is 2.20. The van der Waals surface area contributed by atoms with E-state index in [1.54, 1.807) is 17.6 Å². The summed E-state index contributed by atoms with van der Waals surface area (Å²) < 4.78 is 5.43. The van der Waals surface area contributed by atoms with Crippen LogP contribution in [-0.2, 0) is 13.0 Å². The Morgan fingerprint density at radius 1 is 1.11 bits per heavy atom. The Morgan fingerprint density at radius 3 is 2.68 bits per heavy atom. The largest absolute Gasteiger partial charge is 0.469 e. The van der Waals surface area contributed by atoms with Gasteiger partial charge in [-0.05, 0) is 53.9 Å². The number of rotatable bonds is 7. The molecule has 0 bridgehead atoms. The molecular weight excluding hydrogens is 388 g/mol. The van der Waals surface area contributed by atoms with E-state index in [0.29, 0.717) is 12.6 Å². The zero-order valence-corrected chi connectivity index (χ0v) is 17.5. The number of guanidine groups is 1. The Bertz CT molecular complexity index is 820. The van der Waals surface area contributed by atoms with E-state index in [1.807, 2.05) is 23.5 Å². The van der Waals surface area contributed by atoms with Crippen LogP contribution in [0, 0.1) is 0 Å². The number of aliphatic imine (C=N–C) groups is 1. The Morgan fingerprint density at radius 2 is 1.96 bits per heavy atom. The van der Waals surface area contributed by atoms with Crippen molar-refractivity contribution in [2.24, 2.45) is 4.99 Å². The molecule has 1 aliphatic heterocycles. The van der Waals surface area contributed by atoms with Crippen LogP contribution in [0.5, 0.6) is 0 Å². The lowest BCUT2D eigenvalue weighted by Gasteiger charge is -2.33. The second-order valence-electron chi connectivity index (χ2n) is 6.86. The highest BCUT2D eigenvalue weighted by atomic mass is 32.1. The summed E-state index contributed by atoms with van der Waals surface area (Å²) in [7, 11) is 0. The van der Waals surface area contributed by atoms with Crippen molar-refractivity contribution in [2.45, 2.75) is 31.8 Å². The average Bonchev–Trinajstić information content (AvgIpc) is 3.50. The maximum atomic E-state index is 5.43. The molecule has 1 fully saturated rings. The van der Waals surface area contributed by atoms with Crippen LogP contribution in [0.15, 0.2) is 62.8 Å².